The van der Waals surface area contributed by atoms with E-state index in [0.717, 1.165) is 63.0 Å². The first-order chi connectivity index (χ1) is 18.8. The number of carbonyl (C=O) groups excluding carboxylic acids is 1. The molecule has 3 heterocycles. The van der Waals surface area contributed by atoms with Crippen molar-refractivity contribution in [1.82, 2.24) is 14.6 Å². The first kappa shape index (κ1) is 26.3. The number of pyridine rings is 1. The van der Waals surface area contributed by atoms with Crippen LogP contribution in [0.3, 0.4) is 0 Å². The van der Waals surface area contributed by atoms with E-state index < -0.39 is 10.0 Å². The van der Waals surface area contributed by atoms with E-state index in [4.69, 9.17) is 11.6 Å². The number of sulfonamides is 1. The van der Waals surface area contributed by atoms with Crippen molar-refractivity contribution in [2.75, 3.05) is 31.1 Å². The van der Waals surface area contributed by atoms with Gasteiger partial charge < -0.3 is 9.80 Å². The molecule has 2 fully saturated rings. The van der Waals surface area contributed by atoms with E-state index >= 15 is 0 Å². The molecule has 6 rings (SSSR count). The second kappa shape index (κ2) is 10.6. The van der Waals surface area contributed by atoms with Crippen LogP contribution in [0, 0.1) is 5.41 Å². The average Bonchev–Trinajstić information content (AvgIpc) is 3.52. The van der Waals surface area contributed by atoms with E-state index in [1.807, 2.05) is 35.5 Å². The van der Waals surface area contributed by atoms with Crippen molar-refractivity contribution < 1.29 is 13.2 Å². The van der Waals surface area contributed by atoms with Gasteiger partial charge in [-0.15, -0.1) is 0 Å². The van der Waals surface area contributed by atoms with Crippen LogP contribution in [-0.4, -0.2) is 50.4 Å². The average molecular weight is 565 g/mol. The van der Waals surface area contributed by atoms with Gasteiger partial charge in [0.05, 0.1) is 5.75 Å². The number of nitrogens with one attached hydrogen (secondary N) is 1. The quantitative estimate of drug-likeness (QED) is 0.457. The Kier molecular flexibility index (Phi) is 7.12. The zero-order chi connectivity index (χ0) is 27.0. The maximum absolute atomic E-state index is 13.6. The first-order valence-electron chi connectivity index (χ1n) is 13.6. The Morgan fingerprint density at radius 2 is 1.79 bits per heavy atom. The Bertz CT molecular complexity index is 1470. The number of piperidine rings is 1. The highest BCUT2D eigenvalue weighted by Crippen LogP contribution is 2.42. The normalized spacial score (nSPS) is 20.4. The zero-order valence-electron chi connectivity index (χ0n) is 21.9. The molecule has 1 amide bonds. The number of likely N-dealkylation sites (tertiary alicyclic amines) is 1. The summed E-state index contributed by atoms with van der Waals surface area (Å²) in [6.45, 7) is 3.52. The molecule has 0 saturated carbocycles. The molecular weight excluding hydrogens is 532 g/mol. The number of benzene rings is 2. The first-order valence-corrected chi connectivity index (χ1v) is 15.6. The predicted molar refractivity (Wildman–Crippen MR) is 153 cm³/mol. The third kappa shape index (κ3) is 5.69. The lowest BCUT2D eigenvalue weighted by Gasteiger charge is -2.40. The summed E-state index contributed by atoms with van der Waals surface area (Å²) >= 11 is 6.04. The molecule has 2 aliphatic heterocycles. The lowest BCUT2D eigenvalue weighted by molar-refractivity contribution is 0.0764. The van der Waals surface area contributed by atoms with Crippen LogP contribution in [0.4, 0.5) is 5.69 Å². The van der Waals surface area contributed by atoms with Crippen LogP contribution >= 0.6 is 11.6 Å². The summed E-state index contributed by atoms with van der Waals surface area (Å²) in [6, 6.07) is 16.5. The summed E-state index contributed by atoms with van der Waals surface area (Å²) in [5.74, 6) is -0.0920. The van der Waals surface area contributed by atoms with Gasteiger partial charge in [0.15, 0.2) is 0 Å². The maximum atomic E-state index is 13.6. The van der Waals surface area contributed by atoms with Gasteiger partial charge in [0, 0.05) is 60.9 Å². The van der Waals surface area contributed by atoms with Gasteiger partial charge in [-0.3, -0.25) is 9.78 Å². The van der Waals surface area contributed by atoms with E-state index in [-0.39, 0.29) is 23.1 Å². The fourth-order valence-electron chi connectivity index (χ4n) is 6.46. The number of anilines is 1. The van der Waals surface area contributed by atoms with E-state index in [2.05, 4.69) is 26.7 Å². The number of rotatable bonds is 6. The minimum Gasteiger partial charge on any atom is -0.371 e. The molecule has 0 radical (unpaired) electrons. The summed E-state index contributed by atoms with van der Waals surface area (Å²) < 4.78 is 28.8. The number of aromatic nitrogens is 1. The molecule has 2 aromatic carbocycles. The molecule has 0 bridgehead atoms. The molecule has 204 valence electrons. The Morgan fingerprint density at radius 1 is 1.03 bits per heavy atom. The summed E-state index contributed by atoms with van der Waals surface area (Å²) in [7, 11) is -3.58. The van der Waals surface area contributed by atoms with Crippen molar-refractivity contribution in [2.24, 2.45) is 5.41 Å². The number of carbonyl (C=O) groups is 1. The van der Waals surface area contributed by atoms with Gasteiger partial charge in [0.2, 0.25) is 10.0 Å². The fourth-order valence-corrected chi connectivity index (χ4v) is 8.05. The van der Waals surface area contributed by atoms with Crippen LogP contribution in [0.15, 0.2) is 67.0 Å². The minimum atomic E-state index is -3.58. The highest BCUT2D eigenvalue weighted by molar-refractivity contribution is 7.88. The molecule has 1 N–H and O–H groups in total. The standard InChI is InChI=1S/C30H33ClN4O3S/c31-25-3-1-2-22(18-25)20-39(37,38)33-28-7-6-23-4-5-24(19-27(23)28)29(36)35-17-12-30(21-35)10-15-34(16-11-30)26-8-13-32-14-9-26/h1-5,8-9,13-14,18-19,28,33H,6-7,10-12,15-17,20-21H2. The molecule has 1 atom stereocenters. The second-order valence-electron chi connectivity index (χ2n) is 11.2. The highest BCUT2D eigenvalue weighted by Gasteiger charge is 2.42. The van der Waals surface area contributed by atoms with Crippen LogP contribution in [0.5, 0.6) is 0 Å². The predicted octanol–water partition coefficient (Wildman–Crippen LogP) is 4.97. The van der Waals surface area contributed by atoms with Crippen LogP contribution in [0.1, 0.15) is 58.8 Å². The van der Waals surface area contributed by atoms with E-state index in [1.54, 1.807) is 24.3 Å². The van der Waals surface area contributed by atoms with Gasteiger partial charge in [-0.2, -0.15) is 0 Å². The Hall–Kier alpha value is -2.94. The highest BCUT2D eigenvalue weighted by atomic mass is 35.5. The molecule has 1 aliphatic carbocycles. The lowest BCUT2D eigenvalue weighted by Crippen LogP contribution is -2.42. The van der Waals surface area contributed by atoms with Crippen LogP contribution < -0.4 is 9.62 Å². The third-order valence-corrected chi connectivity index (χ3v) is 10.2. The number of hydrogen-bond acceptors (Lipinski definition) is 5. The topological polar surface area (TPSA) is 82.6 Å². The summed E-state index contributed by atoms with van der Waals surface area (Å²) in [5.41, 5.74) is 4.68. The van der Waals surface area contributed by atoms with Gasteiger partial charge in [-0.25, -0.2) is 13.1 Å². The van der Waals surface area contributed by atoms with Gasteiger partial charge >= 0.3 is 0 Å². The van der Waals surface area contributed by atoms with E-state index in [9.17, 15) is 13.2 Å². The molecule has 39 heavy (non-hydrogen) atoms. The van der Waals surface area contributed by atoms with Crippen molar-refractivity contribution in [1.29, 1.82) is 0 Å². The second-order valence-corrected chi connectivity index (χ2v) is 13.4. The number of fused-ring (bicyclic) bond motifs is 1. The number of halogens is 1. The molecule has 3 aromatic rings. The lowest BCUT2D eigenvalue weighted by atomic mass is 9.77. The molecule has 7 nitrogen and oxygen atoms in total. The molecule has 2 saturated heterocycles. The molecule has 9 heteroatoms. The zero-order valence-corrected chi connectivity index (χ0v) is 23.4. The van der Waals surface area contributed by atoms with Crippen molar-refractivity contribution in [3.05, 3.63) is 94.3 Å². The fraction of sp³-hybridized carbons (Fsp3) is 0.400. The minimum absolute atomic E-state index is 0.0404. The number of aryl methyl sites for hydroxylation is 1. The monoisotopic (exact) mass is 564 g/mol. The van der Waals surface area contributed by atoms with Crippen molar-refractivity contribution in [3.63, 3.8) is 0 Å². The number of amides is 1. The van der Waals surface area contributed by atoms with E-state index in [1.165, 1.54) is 5.69 Å². The maximum Gasteiger partial charge on any atom is 0.253 e. The Morgan fingerprint density at radius 3 is 2.56 bits per heavy atom. The molecule has 3 aliphatic rings. The molecule has 1 spiro atoms. The van der Waals surface area contributed by atoms with E-state index in [0.29, 0.717) is 22.6 Å². The number of hydrogen-bond donors (Lipinski definition) is 1. The van der Waals surface area contributed by atoms with Crippen molar-refractivity contribution in [3.8, 4) is 0 Å². The van der Waals surface area contributed by atoms with Crippen LogP contribution in [-0.2, 0) is 22.2 Å². The summed E-state index contributed by atoms with van der Waals surface area (Å²) in [4.78, 5) is 22.1. The SMILES string of the molecule is O=C(c1ccc2c(c1)C(NS(=O)(=O)Cc1cccc(Cl)c1)CC2)N1CCC2(CCN(c3ccncc3)CC2)C1. The third-order valence-electron chi connectivity index (χ3n) is 8.62. The smallest absolute Gasteiger partial charge is 0.253 e. The molecular formula is C30H33ClN4O3S. The van der Waals surface area contributed by atoms with Gasteiger partial charge in [0.1, 0.15) is 0 Å². The number of nitrogens with zero attached hydrogens (tertiary/aromatic N) is 3. The largest absolute Gasteiger partial charge is 0.371 e. The summed E-state index contributed by atoms with van der Waals surface area (Å²) in [5, 5.41) is 0.514. The van der Waals surface area contributed by atoms with Crippen molar-refractivity contribution >= 4 is 33.2 Å². The Labute approximate surface area is 235 Å². The molecule has 1 aromatic heterocycles. The van der Waals surface area contributed by atoms with Crippen LogP contribution in [0.25, 0.3) is 0 Å². The van der Waals surface area contributed by atoms with Crippen molar-refractivity contribution in [2.45, 2.75) is 43.9 Å². The summed E-state index contributed by atoms with van der Waals surface area (Å²) in [6.07, 6.45) is 8.30. The van der Waals surface area contributed by atoms with Gasteiger partial charge in [-0.05, 0) is 90.6 Å². The van der Waals surface area contributed by atoms with Gasteiger partial charge in [-0.1, -0.05) is 29.8 Å². The Balaban J connectivity index is 1.11. The molecule has 1 unspecified atom stereocenters. The van der Waals surface area contributed by atoms with Crippen LogP contribution in [0.2, 0.25) is 5.02 Å². The van der Waals surface area contributed by atoms with Gasteiger partial charge in [0.25, 0.3) is 5.91 Å².